The third-order valence-electron chi connectivity index (χ3n) is 3.59. The molecule has 0 saturated carbocycles. The maximum atomic E-state index is 12.2. The first-order valence-corrected chi connectivity index (χ1v) is 9.21. The van der Waals surface area contributed by atoms with Crippen molar-refractivity contribution in [2.45, 2.75) is 39.7 Å². The fourth-order valence-electron chi connectivity index (χ4n) is 1.92. The minimum atomic E-state index is -3.66. The minimum Gasteiger partial charge on any atom is -0.350 e. The Bertz CT molecular complexity index is 696. The van der Waals surface area contributed by atoms with E-state index in [9.17, 15) is 18.0 Å². The highest BCUT2D eigenvalue weighted by Gasteiger charge is 2.24. The van der Waals surface area contributed by atoms with E-state index in [1.54, 1.807) is 18.2 Å². The van der Waals surface area contributed by atoms with Gasteiger partial charge in [-0.2, -0.15) is 0 Å². The van der Waals surface area contributed by atoms with Gasteiger partial charge in [-0.05, 0) is 39.3 Å². The lowest BCUT2D eigenvalue weighted by atomic mass is 10.0. The summed E-state index contributed by atoms with van der Waals surface area (Å²) in [6.07, 6.45) is 1.75. The third-order valence-corrected chi connectivity index (χ3v) is 4.73. The fourth-order valence-corrected chi connectivity index (χ4v) is 2.76. The van der Waals surface area contributed by atoms with Gasteiger partial charge >= 0.3 is 0 Å². The highest BCUT2D eigenvalue weighted by atomic mass is 32.2. The molecule has 0 bridgehead atoms. The highest BCUT2D eigenvalue weighted by Crippen LogP contribution is 2.19. The van der Waals surface area contributed by atoms with Crippen LogP contribution >= 0.6 is 0 Å². The quantitative estimate of drug-likeness (QED) is 0.769. The molecule has 0 saturated heterocycles. The summed E-state index contributed by atoms with van der Waals surface area (Å²) in [6, 6.07) is 6.23. The van der Waals surface area contributed by atoms with Crippen LogP contribution in [0.15, 0.2) is 24.3 Å². The normalized spacial score (nSPS) is 11.9. The topological polar surface area (TPSA) is 83.6 Å². The number of benzene rings is 1. The molecule has 0 aliphatic rings. The molecule has 0 aromatic heterocycles. The summed E-state index contributed by atoms with van der Waals surface area (Å²) in [6.45, 7) is 6.74. The Morgan fingerprint density at radius 2 is 1.87 bits per heavy atom. The van der Waals surface area contributed by atoms with Crippen molar-refractivity contribution >= 4 is 27.4 Å². The van der Waals surface area contributed by atoms with Crippen LogP contribution in [0.25, 0.3) is 0 Å². The summed E-state index contributed by atoms with van der Waals surface area (Å²) in [4.78, 5) is 23.7. The number of rotatable bonds is 7. The van der Waals surface area contributed by atoms with E-state index in [4.69, 9.17) is 0 Å². The van der Waals surface area contributed by atoms with Crippen LogP contribution in [0.4, 0.5) is 5.69 Å². The molecule has 23 heavy (non-hydrogen) atoms. The maximum absolute atomic E-state index is 12.2. The Labute approximate surface area is 137 Å². The van der Waals surface area contributed by atoms with Gasteiger partial charge in [-0.1, -0.05) is 19.1 Å². The molecule has 0 unspecified atom stereocenters. The molecule has 0 radical (unpaired) electrons. The Hall–Kier alpha value is -1.89. The SMILES string of the molecule is CCC(C)(C)NC(=O)CN(c1cccc(C(C)=O)c1)S(C)(=O)=O. The van der Waals surface area contributed by atoms with E-state index in [1.807, 2.05) is 20.8 Å². The van der Waals surface area contributed by atoms with E-state index in [2.05, 4.69) is 5.32 Å². The van der Waals surface area contributed by atoms with Crippen LogP contribution in [-0.2, 0) is 14.8 Å². The second-order valence-corrected chi connectivity index (χ2v) is 8.07. The molecular weight excluding hydrogens is 316 g/mol. The van der Waals surface area contributed by atoms with Gasteiger partial charge in [-0.3, -0.25) is 13.9 Å². The predicted octanol–water partition coefficient (Wildman–Crippen LogP) is 1.96. The Morgan fingerprint density at radius 3 is 2.35 bits per heavy atom. The van der Waals surface area contributed by atoms with Crippen LogP contribution in [0.1, 0.15) is 44.5 Å². The average Bonchev–Trinajstić information content (AvgIpc) is 2.43. The number of ketones is 1. The summed E-state index contributed by atoms with van der Waals surface area (Å²) < 4.78 is 25.1. The molecule has 128 valence electrons. The molecule has 0 atom stereocenters. The van der Waals surface area contributed by atoms with Gasteiger partial charge in [-0.15, -0.1) is 0 Å². The Kier molecular flexibility index (Phi) is 5.93. The van der Waals surface area contributed by atoms with Gasteiger partial charge in [0.05, 0.1) is 11.9 Å². The molecule has 1 aromatic carbocycles. The maximum Gasteiger partial charge on any atom is 0.241 e. The Balaban J connectivity index is 3.10. The standard InChI is InChI=1S/C16H24N2O4S/c1-6-16(3,4)17-15(20)11-18(23(5,21)22)14-9-7-8-13(10-14)12(2)19/h7-10H,6,11H2,1-5H3,(H,17,20). The van der Waals surface area contributed by atoms with Crippen molar-refractivity contribution in [2.24, 2.45) is 0 Å². The third kappa shape index (κ3) is 5.67. The molecule has 1 aromatic rings. The van der Waals surface area contributed by atoms with Crippen LogP contribution in [-0.4, -0.2) is 38.4 Å². The molecule has 0 heterocycles. The lowest BCUT2D eigenvalue weighted by Crippen LogP contribution is -2.48. The van der Waals surface area contributed by atoms with E-state index in [0.29, 0.717) is 11.3 Å². The van der Waals surface area contributed by atoms with Crippen LogP contribution in [0.2, 0.25) is 0 Å². The molecule has 1 rings (SSSR count). The molecule has 0 fully saturated rings. The zero-order valence-corrected chi connectivity index (χ0v) is 15.0. The first-order chi connectivity index (χ1) is 10.5. The first kappa shape index (κ1) is 19.2. The fraction of sp³-hybridized carbons (Fsp3) is 0.500. The van der Waals surface area contributed by atoms with Gasteiger partial charge in [0.25, 0.3) is 0 Å². The van der Waals surface area contributed by atoms with Crippen molar-refractivity contribution in [3.05, 3.63) is 29.8 Å². The predicted molar refractivity (Wildman–Crippen MR) is 91.1 cm³/mol. The number of nitrogens with one attached hydrogen (secondary N) is 1. The number of Topliss-reactive ketones (excluding diaryl/α,β-unsaturated/α-hetero) is 1. The van der Waals surface area contributed by atoms with Gasteiger partial charge in [-0.25, -0.2) is 8.42 Å². The number of anilines is 1. The van der Waals surface area contributed by atoms with Crippen molar-refractivity contribution in [3.63, 3.8) is 0 Å². The minimum absolute atomic E-state index is 0.170. The number of hydrogen-bond acceptors (Lipinski definition) is 4. The van der Waals surface area contributed by atoms with E-state index in [0.717, 1.165) is 17.0 Å². The lowest BCUT2D eigenvalue weighted by Gasteiger charge is -2.27. The summed E-state index contributed by atoms with van der Waals surface area (Å²) >= 11 is 0. The number of carbonyl (C=O) groups is 2. The van der Waals surface area contributed by atoms with Crippen molar-refractivity contribution in [3.8, 4) is 0 Å². The first-order valence-electron chi connectivity index (χ1n) is 7.36. The number of amides is 1. The molecule has 0 spiro atoms. The van der Waals surface area contributed by atoms with Gasteiger partial charge in [0, 0.05) is 11.1 Å². The number of sulfonamides is 1. The number of carbonyl (C=O) groups excluding carboxylic acids is 2. The molecule has 7 heteroatoms. The average molecular weight is 340 g/mol. The summed E-state index contributed by atoms with van der Waals surface area (Å²) in [5, 5.41) is 2.80. The van der Waals surface area contributed by atoms with E-state index < -0.39 is 21.5 Å². The number of nitrogens with zero attached hydrogens (tertiary/aromatic N) is 1. The lowest BCUT2D eigenvalue weighted by molar-refractivity contribution is -0.121. The zero-order valence-electron chi connectivity index (χ0n) is 14.2. The van der Waals surface area contributed by atoms with E-state index in [-0.39, 0.29) is 12.3 Å². The van der Waals surface area contributed by atoms with Crippen molar-refractivity contribution in [1.82, 2.24) is 5.32 Å². The second-order valence-electron chi connectivity index (χ2n) is 6.16. The van der Waals surface area contributed by atoms with E-state index in [1.165, 1.54) is 13.0 Å². The molecule has 0 aliphatic heterocycles. The van der Waals surface area contributed by atoms with Gasteiger partial charge in [0.15, 0.2) is 5.78 Å². The molecule has 1 N–H and O–H groups in total. The second kappa shape index (κ2) is 7.12. The van der Waals surface area contributed by atoms with Gasteiger partial charge in [0.2, 0.25) is 15.9 Å². The van der Waals surface area contributed by atoms with Gasteiger partial charge < -0.3 is 5.32 Å². The van der Waals surface area contributed by atoms with Crippen LogP contribution in [0.5, 0.6) is 0 Å². The molecular formula is C16H24N2O4S. The molecule has 0 aliphatic carbocycles. The van der Waals surface area contributed by atoms with Crippen molar-refractivity contribution in [1.29, 1.82) is 0 Å². The Morgan fingerprint density at radius 1 is 1.26 bits per heavy atom. The number of hydrogen-bond donors (Lipinski definition) is 1. The largest absolute Gasteiger partial charge is 0.350 e. The van der Waals surface area contributed by atoms with Crippen LogP contribution in [0.3, 0.4) is 0 Å². The monoisotopic (exact) mass is 340 g/mol. The summed E-state index contributed by atoms with van der Waals surface area (Å²) in [5.41, 5.74) is 0.275. The van der Waals surface area contributed by atoms with E-state index >= 15 is 0 Å². The van der Waals surface area contributed by atoms with Crippen LogP contribution < -0.4 is 9.62 Å². The molecule has 1 amide bonds. The van der Waals surface area contributed by atoms with Gasteiger partial charge in [0.1, 0.15) is 6.54 Å². The molecule has 6 nitrogen and oxygen atoms in total. The zero-order chi connectivity index (χ0) is 17.8. The van der Waals surface area contributed by atoms with Crippen LogP contribution in [0, 0.1) is 0 Å². The smallest absolute Gasteiger partial charge is 0.241 e. The summed E-state index contributed by atoms with van der Waals surface area (Å²) in [7, 11) is -3.66. The highest BCUT2D eigenvalue weighted by molar-refractivity contribution is 7.92. The summed E-state index contributed by atoms with van der Waals surface area (Å²) in [5.74, 6) is -0.563. The van der Waals surface area contributed by atoms with Crippen molar-refractivity contribution in [2.75, 3.05) is 17.1 Å². The van der Waals surface area contributed by atoms with Crippen molar-refractivity contribution < 1.29 is 18.0 Å².